The van der Waals surface area contributed by atoms with Crippen molar-refractivity contribution < 1.29 is 26.6 Å². The summed E-state index contributed by atoms with van der Waals surface area (Å²) in [5, 5.41) is 2.12. The van der Waals surface area contributed by atoms with E-state index in [0.717, 1.165) is 12.5 Å². The van der Waals surface area contributed by atoms with Gasteiger partial charge in [-0.05, 0) is 18.1 Å². The van der Waals surface area contributed by atoms with Gasteiger partial charge in [-0.25, -0.2) is 4.98 Å². The number of hydrogen-bond donors (Lipinski definition) is 1. The summed E-state index contributed by atoms with van der Waals surface area (Å²) < 4.78 is 40.6. The lowest BCUT2D eigenvalue weighted by atomic mass is 9.88. The van der Waals surface area contributed by atoms with Crippen molar-refractivity contribution in [3.63, 3.8) is 0 Å². The summed E-state index contributed by atoms with van der Waals surface area (Å²) in [4.78, 5) is 26.4. The number of nitrogens with zero attached hydrogens (tertiary/aromatic N) is 1. The van der Waals surface area contributed by atoms with Crippen molar-refractivity contribution in [3.8, 4) is 0 Å². The standard InChI is InChI=1S/C12H13FN2O5S/c1-21(18,19)20-6-7-4-5-14-11(13)10(7)8-2-3-9(16)15-12(8)17/h4-5,8H,2-3,6H2,1H3,(H,15,16,17). The molecule has 1 fully saturated rings. The lowest BCUT2D eigenvalue weighted by molar-refractivity contribution is -0.134. The highest BCUT2D eigenvalue weighted by Crippen LogP contribution is 2.29. The van der Waals surface area contributed by atoms with Crippen LogP contribution in [0.4, 0.5) is 4.39 Å². The number of pyridine rings is 1. The fraction of sp³-hybridized carbons (Fsp3) is 0.417. The van der Waals surface area contributed by atoms with Gasteiger partial charge >= 0.3 is 0 Å². The number of carbonyl (C=O) groups excluding carboxylic acids is 2. The molecule has 1 saturated heterocycles. The van der Waals surface area contributed by atoms with Crippen LogP contribution < -0.4 is 5.32 Å². The largest absolute Gasteiger partial charge is 0.296 e. The Balaban J connectivity index is 2.33. The Morgan fingerprint density at radius 1 is 1.48 bits per heavy atom. The van der Waals surface area contributed by atoms with E-state index in [1.54, 1.807) is 0 Å². The molecular weight excluding hydrogens is 303 g/mol. The van der Waals surface area contributed by atoms with Gasteiger partial charge in [0.05, 0.1) is 18.8 Å². The molecule has 0 radical (unpaired) electrons. The van der Waals surface area contributed by atoms with E-state index in [2.05, 4.69) is 14.5 Å². The fourth-order valence-corrected chi connectivity index (χ4v) is 2.46. The Hall–Kier alpha value is -1.87. The SMILES string of the molecule is CS(=O)(=O)OCc1ccnc(F)c1C1CCC(=O)NC1=O. The zero-order valence-electron chi connectivity index (χ0n) is 11.1. The molecule has 0 aromatic carbocycles. The summed E-state index contributed by atoms with van der Waals surface area (Å²) in [6.45, 7) is -0.397. The van der Waals surface area contributed by atoms with Crippen LogP contribution in [-0.4, -0.2) is 31.5 Å². The molecule has 1 N–H and O–H groups in total. The van der Waals surface area contributed by atoms with Crippen LogP contribution in [0.2, 0.25) is 0 Å². The summed E-state index contributed by atoms with van der Waals surface area (Å²) >= 11 is 0. The Morgan fingerprint density at radius 2 is 2.19 bits per heavy atom. The highest BCUT2D eigenvalue weighted by atomic mass is 32.2. The molecule has 1 aliphatic rings. The molecule has 9 heteroatoms. The van der Waals surface area contributed by atoms with Gasteiger partial charge in [0.25, 0.3) is 10.1 Å². The van der Waals surface area contributed by atoms with Crippen molar-refractivity contribution in [1.82, 2.24) is 10.3 Å². The molecule has 0 bridgehead atoms. The number of piperidine rings is 1. The van der Waals surface area contributed by atoms with Crippen LogP contribution in [0.1, 0.15) is 29.9 Å². The minimum absolute atomic E-state index is 0.0360. The van der Waals surface area contributed by atoms with E-state index in [1.165, 1.54) is 6.07 Å². The van der Waals surface area contributed by atoms with Crippen LogP contribution in [0.25, 0.3) is 0 Å². The normalized spacial score (nSPS) is 19.4. The predicted molar refractivity (Wildman–Crippen MR) is 69.0 cm³/mol. The average molecular weight is 316 g/mol. The number of rotatable bonds is 4. The zero-order chi connectivity index (χ0) is 15.6. The number of hydrogen-bond acceptors (Lipinski definition) is 6. The molecule has 0 aliphatic carbocycles. The Labute approximate surface area is 120 Å². The van der Waals surface area contributed by atoms with Crippen molar-refractivity contribution in [1.29, 1.82) is 0 Å². The fourth-order valence-electron chi connectivity index (χ4n) is 2.12. The summed E-state index contributed by atoms with van der Waals surface area (Å²) in [6.07, 6.45) is 2.25. The Kier molecular flexibility index (Phi) is 4.33. The van der Waals surface area contributed by atoms with Gasteiger partial charge in [0.1, 0.15) is 0 Å². The number of halogens is 1. The maximum atomic E-state index is 13.9. The third kappa shape index (κ3) is 3.82. The first-order valence-electron chi connectivity index (χ1n) is 6.09. The van der Waals surface area contributed by atoms with Crippen molar-refractivity contribution >= 4 is 21.9 Å². The molecule has 1 aromatic heterocycles. The Bertz CT molecular complexity index is 689. The minimum atomic E-state index is -3.70. The van der Waals surface area contributed by atoms with Gasteiger partial charge in [0, 0.05) is 18.2 Å². The molecule has 2 amide bonds. The van der Waals surface area contributed by atoms with Crippen molar-refractivity contribution in [2.75, 3.05) is 6.26 Å². The second-order valence-corrected chi connectivity index (χ2v) is 6.29. The van der Waals surface area contributed by atoms with E-state index < -0.39 is 40.4 Å². The molecule has 21 heavy (non-hydrogen) atoms. The highest BCUT2D eigenvalue weighted by Gasteiger charge is 2.32. The number of aromatic nitrogens is 1. The van der Waals surface area contributed by atoms with Crippen LogP contribution in [0.5, 0.6) is 0 Å². The van der Waals surface area contributed by atoms with E-state index in [1.807, 2.05) is 0 Å². The molecule has 2 heterocycles. The summed E-state index contributed by atoms with van der Waals surface area (Å²) in [7, 11) is -3.70. The van der Waals surface area contributed by atoms with Crippen LogP contribution in [0, 0.1) is 5.95 Å². The molecule has 1 aromatic rings. The van der Waals surface area contributed by atoms with Crippen LogP contribution in [-0.2, 0) is 30.5 Å². The Morgan fingerprint density at radius 3 is 2.81 bits per heavy atom. The van der Waals surface area contributed by atoms with Gasteiger partial charge < -0.3 is 0 Å². The lowest BCUT2D eigenvalue weighted by Gasteiger charge is -2.23. The van der Waals surface area contributed by atoms with Gasteiger partial charge in [-0.15, -0.1) is 0 Å². The van der Waals surface area contributed by atoms with Gasteiger partial charge in [-0.3, -0.25) is 19.1 Å². The van der Waals surface area contributed by atoms with Gasteiger partial charge in [-0.2, -0.15) is 12.8 Å². The molecule has 0 saturated carbocycles. The number of carbonyl (C=O) groups is 2. The third-order valence-electron chi connectivity index (χ3n) is 3.05. The topological polar surface area (TPSA) is 102 Å². The second kappa shape index (κ2) is 5.86. The second-order valence-electron chi connectivity index (χ2n) is 4.64. The molecule has 2 rings (SSSR count). The van der Waals surface area contributed by atoms with Crippen LogP contribution >= 0.6 is 0 Å². The molecular formula is C12H13FN2O5S. The molecule has 7 nitrogen and oxygen atoms in total. The summed E-state index contributed by atoms with van der Waals surface area (Å²) in [5.74, 6) is -2.82. The van der Waals surface area contributed by atoms with Gasteiger partial charge in [0.2, 0.25) is 17.8 Å². The highest BCUT2D eigenvalue weighted by molar-refractivity contribution is 7.85. The molecule has 1 atom stereocenters. The summed E-state index contributed by atoms with van der Waals surface area (Å²) in [5.41, 5.74) is 0.175. The van der Waals surface area contributed by atoms with Gasteiger partial charge in [-0.1, -0.05) is 0 Å². The first-order valence-corrected chi connectivity index (χ1v) is 7.91. The van der Waals surface area contributed by atoms with E-state index in [0.29, 0.717) is 0 Å². The lowest BCUT2D eigenvalue weighted by Crippen LogP contribution is -2.40. The first kappa shape index (κ1) is 15.5. The van der Waals surface area contributed by atoms with Crippen LogP contribution in [0.15, 0.2) is 12.3 Å². The molecule has 1 aliphatic heterocycles. The first-order chi connectivity index (χ1) is 9.78. The monoisotopic (exact) mass is 316 g/mol. The van der Waals surface area contributed by atoms with Crippen molar-refractivity contribution in [3.05, 3.63) is 29.3 Å². The van der Waals surface area contributed by atoms with Gasteiger partial charge in [0.15, 0.2) is 0 Å². The number of imide groups is 1. The number of nitrogens with one attached hydrogen (secondary N) is 1. The van der Waals surface area contributed by atoms with E-state index in [4.69, 9.17) is 0 Å². The van der Waals surface area contributed by atoms with E-state index in [9.17, 15) is 22.4 Å². The molecule has 114 valence electrons. The van der Waals surface area contributed by atoms with E-state index >= 15 is 0 Å². The maximum absolute atomic E-state index is 13.9. The zero-order valence-corrected chi connectivity index (χ0v) is 11.9. The quantitative estimate of drug-likeness (QED) is 0.484. The van der Waals surface area contributed by atoms with Crippen molar-refractivity contribution in [2.45, 2.75) is 25.4 Å². The molecule has 1 unspecified atom stereocenters. The third-order valence-corrected chi connectivity index (χ3v) is 3.59. The van der Waals surface area contributed by atoms with E-state index in [-0.39, 0.29) is 24.0 Å². The molecule has 0 spiro atoms. The minimum Gasteiger partial charge on any atom is -0.296 e. The maximum Gasteiger partial charge on any atom is 0.264 e. The summed E-state index contributed by atoms with van der Waals surface area (Å²) in [6, 6.07) is 1.38. The average Bonchev–Trinajstić information content (AvgIpc) is 2.37. The smallest absolute Gasteiger partial charge is 0.264 e. The predicted octanol–water partition coefficient (Wildman–Crippen LogP) is 0.217. The van der Waals surface area contributed by atoms with Crippen molar-refractivity contribution in [2.24, 2.45) is 0 Å². The van der Waals surface area contributed by atoms with Crippen LogP contribution in [0.3, 0.4) is 0 Å². The number of amides is 2.